The molecule has 0 radical (unpaired) electrons. The Labute approximate surface area is 124 Å². The molecule has 1 fully saturated rings. The minimum atomic E-state index is 0.669. The topological polar surface area (TPSA) is 57.2 Å². The Balaban J connectivity index is 1.71. The highest BCUT2D eigenvalue weighted by Gasteiger charge is 2.20. The summed E-state index contributed by atoms with van der Waals surface area (Å²) in [5.74, 6) is 2.74. The summed E-state index contributed by atoms with van der Waals surface area (Å²) in [7, 11) is 1.84. The standard InChI is InChI=1S/C15H20N6/c1-12-11-18-15(16-2)19-14(12)21-9-7-20(8-10-21)13-5-3-4-6-17-13/h3-6,11H,7-10H2,1-2H3,(H,16,18,19). The van der Waals surface area contributed by atoms with E-state index < -0.39 is 0 Å². The Morgan fingerprint density at radius 3 is 2.48 bits per heavy atom. The number of anilines is 3. The van der Waals surface area contributed by atoms with Crippen LogP contribution in [0.25, 0.3) is 0 Å². The van der Waals surface area contributed by atoms with Gasteiger partial charge >= 0.3 is 0 Å². The zero-order valence-corrected chi connectivity index (χ0v) is 12.5. The Morgan fingerprint density at radius 1 is 1.05 bits per heavy atom. The molecule has 1 aliphatic rings. The number of piperazine rings is 1. The van der Waals surface area contributed by atoms with E-state index in [0.717, 1.165) is 43.4 Å². The van der Waals surface area contributed by atoms with E-state index in [1.165, 1.54) is 0 Å². The normalized spacial score (nSPS) is 15.1. The highest BCUT2D eigenvalue weighted by Crippen LogP contribution is 2.21. The highest BCUT2D eigenvalue weighted by atomic mass is 15.3. The lowest BCUT2D eigenvalue weighted by Crippen LogP contribution is -2.47. The van der Waals surface area contributed by atoms with Gasteiger partial charge in [0.25, 0.3) is 0 Å². The lowest BCUT2D eigenvalue weighted by atomic mass is 10.2. The number of rotatable bonds is 3. The van der Waals surface area contributed by atoms with E-state index in [1.807, 2.05) is 31.6 Å². The van der Waals surface area contributed by atoms with Crippen molar-refractivity contribution in [2.75, 3.05) is 48.3 Å². The van der Waals surface area contributed by atoms with Gasteiger partial charge in [0.15, 0.2) is 0 Å². The van der Waals surface area contributed by atoms with Gasteiger partial charge in [-0.15, -0.1) is 0 Å². The Bertz CT molecular complexity index is 592. The molecule has 1 N–H and O–H groups in total. The molecule has 1 saturated heterocycles. The van der Waals surface area contributed by atoms with E-state index in [0.29, 0.717) is 5.95 Å². The van der Waals surface area contributed by atoms with Gasteiger partial charge in [0.2, 0.25) is 5.95 Å². The smallest absolute Gasteiger partial charge is 0.224 e. The molecule has 2 aromatic heterocycles. The Kier molecular flexibility index (Phi) is 3.85. The van der Waals surface area contributed by atoms with Crippen LogP contribution in [0.3, 0.4) is 0 Å². The average Bonchev–Trinajstić information content (AvgIpc) is 2.56. The van der Waals surface area contributed by atoms with E-state index in [2.05, 4.69) is 43.1 Å². The van der Waals surface area contributed by atoms with Crippen molar-refractivity contribution in [3.63, 3.8) is 0 Å². The third kappa shape index (κ3) is 2.89. The second-order valence-electron chi connectivity index (χ2n) is 5.11. The molecule has 0 bridgehead atoms. The van der Waals surface area contributed by atoms with Crippen molar-refractivity contribution < 1.29 is 0 Å². The molecule has 0 spiro atoms. The molecule has 3 heterocycles. The van der Waals surface area contributed by atoms with Crippen LogP contribution in [0.15, 0.2) is 30.6 Å². The number of aromatic nitrogens is 3. The van der Waals surface area contributed by atoms with Gasteiger partial charge in [0.1, 0.15) is 11.6 Å². The molecular formula is C15H20N6. The average molecular weight is 284 g/mol. The minimum Gasteiger partial charge on any atom is -0.357 e. The predicted octanol–water partition coefficient (Wildman–Crippen LogP) is 1.55. The summed E-state index contributed by atoms with van der Waals surface area (Å²) in [4.78, 5) is 17.9. The second kappa shape index (κ2) is 5.95. The van der Waals surface area contributed by atoms with Gasteiger partial charge in [0.05, 0.1) is 0 Å². The molecular weight excluding hydrogens is 264 g/mol. The van der Waals surface area contributed by atoms with Gasteiger partial charge in [-0.3, -0.25) is 0 Å². The molecule has 0 aliphatic carbocycles. The molecule has 0 amide bonds. The molecule has 6 heteroatoms. The minimum absolute atomic E-state index is 0.669. The summed E-state index contributed by atoms with van der Waals surface area (Å²) in [6.45, 7) is 5.85. The lowest BCUT2D eigenvalue weighted by molar-refractivity contribution is 0.640. The highest BCUT2D eigenvalue weighted by molar-refractivity contribution is 5.51. The number of nitrogens with one attached hydrogen (secondary N) is 1. The Hall–Kier alpha value is -2.37. The molecule has 0 saturated carbocycles. The third-order valence-corrected chi connectivity index (χ3v) is 3.72. The molecule has 0 aromatic carbocycles. The maximum atomic E-state index is 4.58. The van der Waals surface area contributed by atoms with Crippen molar-refractivity contribution in [3.8, 4) is 0 Å². The van der Waals surface area contributed by atoms with Crippen molar-refractivity contribution in [2.24, 2.45) is 0 Å². The number of hydrogen-bond donors (Lipinski definition) is 1. The first-order chi connectivity index (χ1) is 10.3. The van der Waals surface area contributed by atoms with Crippen LogP contribution in [0.5, 0.6) is 0 Å². The van der Waals surface area contributed by atoms with Crippen LogP contribution in [0.4, 0.5) is 17.6 Å². The number of hydrogen-bond acceptors (Lipinski definition) is 6. The van der Waals surface area contributed by atoms with Gasteiger partial charge in [-0.25, -0.2) is 9.97 Å². The monoisotopic (exact) mass is 284 g/mol. The summed E-state index contributed by atoms with van der Waals surface area (Å²) >= 11 is 0. The first-order valence-corrected chi connectivity index (χ1v) is 7.20. The third-order valence-electron chi connectivity index (χ3n) is 3.72. The van der Waals surface area contributed by atoms with E-state index in [4.69, 9.17) is 0 Å². The van der Waals surface area contributed by atoms with Gasteiger partial charge < -0.3 is 15.1 Å². The van der Waals surface area contributed by atoms with Crippen molar-refractivity contribution in [2.45, 2.75) is 6.92 Å². The number of pyridine rings is 1. The fourth-order valence-corrected chi connectivity index (χ4v) is 2.56. The molecule has 3 rings (SSSR count). The molecule has 110 valence electrons. The molecule has 6 nitrogen and oxygen atoms in total. The van der Waals surface area contributed by atoms with E-state index >= 15 is 0 Å². The van der Waals surface area contributed by atoms with Crippen LogP contribution in [-0.2, 0) is 0 Å². The lowest BCUT2D eigenvalue weighted by Gasteiger charge is -2.36. The van der Waals surface area contributed by atoms with Crippen LogP contribution in [0, 0.1) is 6.92 Å². The van der Waals surface area contributed by atoms with E-state index in [1.54, 1.807) is 0 Å². The largest absolute Gasteiger partial charge is 0.357 e. The first kappa shape index (κ1) is 13.6. The van der Waals surface area contributed by atoms with Crippen molar-refractivity contribution in [3.05, 3.63) is 36.2 Å². The molecule has 1 aliphatic heterocycles. The van der Waals surface area contributed by atoms with Crippen molar-refractivity contribution >= 4 is 17.6 Å². The summed E-state index contributed by atoms with van der Waals surface area (Å²) in [5.41, 5.74) is 1.11. The van der Waals surface area contributed by atoms with E-state index in [-0.39, 0.29) is 0 Å². The predicted molar refractivity (Wildman–Crippen MR) is 85.0 cm³/mol. The summed E-state index contributed by atoms with van der Waals surface area (Å²) in [6.07, 6.45) is 3.72. The summed E-state index contributed by atoms with van der Waals surface area (Å²) < 4.78 is 0. The maximum absolute atomic E-state index is 4.58. The first-order valence-electron chi connectivity index (χ1n) is 7.20. The van der Waals surface area contributed by atoms with Crippen LogP contribution < -0.4 is 15.1 Å². The van der Waals surface area contributed by atoms with Gasteiger partial charge in [-0.05, 0) is 19.1 Å². The number of aryl methyl sites for hydroxylation is 1. The quantitative estimate of drug-likeness (QED) is 0.923. The zero-order valence-electron chi connectivity index (χ0n) is 12.5. The molecule has 0 unspecified atom stereocenters. The van der Waals surface area contributed by atoms with Crippen molar-refractivity contribution in [1.29, 1.82) is 0 Å². The van der Waals surface area contributed by atoms with Crippen LogP contribution >= 0.6 is 0 Å². The Morgan fingerprint density at radius 2 is 1.81 bits per heavy atom. The van der Waals surface area contributed by atoms with Crippen LogP contribution in [-0.4, -0.2) is 48.2 Å². The SMILES string of the molecule is CNc1ncc(C)c(N2CCN(c3ccccn3)CC2)n1. The van der Waals surface area contributed by atoms with Gasteiger partial charge in [-0.1, -0.05) is 6.07 Å². The molecule has 21 heavy (non-hydrogen) atoms. The fraction of sp³-hybridized carbons (Fsp3) is 0.400. The van der Waals surface area contributed by atoms with Gasteiger partial charge in [-0.2, -0.15) is 4.98 Å². The molecule has 0 atom stereocenters. The van der Waals surface area contributed by atoms with Crippen LogP contribution in [0.2, 0.25) is 0 Å². The second-order valence-corrected chi connectivity index (χ2v) is 5.11. The van der Waals surface area contributed by atoms with Crippen LogP contribution in [0.1, 0.15) is 5.56 Å². The molecule has 2 aromatic rings. The fourth-order valence-electron chi connectivity index (χ4n) is 2.56. The van der Waals surface area contributed by atoms with E-state index in [9.17, 15) is 0 Å². The van der Waals surface area contributed by atoms with Crippen molar-refractivity contribution in [1.82, 2.24) is 15.0 Å². The summed E-state index contributed by atoms with van der Waals surface area (Å²) in [5, 5.41) is 3.00. The number of nitrogens with zero attached hydrogens (tertiary/aromatic N) is 5. The van der Waals surface area contributed by atoms with Gasteiger partial charge in [0, 0.05) is 51.2 Å². The zero-order chi connectivity index (χ0) is 14.7. The summed E-state index contributed by atoms with van der Waals surface area (Å²) in [6, 6.07) is 6.04. The maximum Gasteiger partial charge on any atom is 0.224 e.